The first-order valence-electron chi connectivity index (χ1n) is 13.6. The average Bonchev–Trinajstić information content (AvgIpc) is 3.09. The molecule has 0 bridgehead atoms. The number of fused-ring (bicyclic) bond motifs is 1. The van der Waals surface area contributed by atoms with Crippen LogP contribution in [0.3, 0.4) is 0 Å². The van der Waals surface area contributed by atoms with E-state index < -0.39 is 6.29 Å². The predicted molar refractivity (Wildman–Crippen MR) is 149 cm³/mol. The van der Waals surface area contributed by atoms with Gasteiger partial charge < -0.3 is 15.1 Å². The highest BCUT2D eigenvalue weighted by Gasteiger charge is 2.26. The summed E-state index contributed by atoms with van der Waals surface area (Å²) in [6.07, 6.45) is 2.87. The third-order valence-electron chi connectivity index (χ3n) is 7.96. The SMILES string of the molecule is Cc1cc(C#N)ccc1C1=C(c2ccc(CC3CN(CCCF)C3)cc2)c2ccc(C(O)O)cc2CCC1. The number of alkyl halides is 1. The van der Waals surface area contributed by atoms with Crippen molar-refractivity contribution in [2.45, 2.75) is 45.3 Å². The highest BCUT2D eigenvalue weighted by molar-refractivity contribution is 6.00. The van der Waals surface area contributed by atoms with E-state index in [1.807, 2.05) is 24.3 Å². The molecule has 2 N–H and O–H groups in total. The van der Waals surface area contributed by atoms with Gasteiger partial charge in [0.1, 0.15) is 0 Å². The lowest BCUT2D eigenvalue weighted by Crippen LogP contribution is -2.47. The van der Waals surface area contributed by atoms with Gasteiger partial charge in [-0.2, -0.15) is 5.26 Å². The number of aliphatic hydroxyl groups is 2. The molecule has 38 heavy (non-hydrogen) atoms. The second kappa shape index (κ2) is 11.6. The fourth-order valence-corrected chi connectivity index (χ4v) is 6.05. The van der Waals surface area contributed by atoms with Crippen molar-refractivity contribution in [3.05, 3.63) is 105 Å². The topological polar surface area (TPSA) is 67.5 Å². The van der Waals surface area contributed by atoms with Crippen molar-refractivity contribution in [3.63, 3.8) is 0 Å². The van der Waals surface area contributed by atoms with Crippen molar-refractivity contribution in [3.8, 4) is 6.07 Å². The smallest absolute Gasteiger partial charge is 0.178 e. The van der Waals surface area contributed by atoms with E-state index in [0.717, 1.165) is 73.1 Å². The summed E-state index contributed by atoms with van der Waals surface area (Å²) in [6.45, 7) is 4.76. The van der Waals surface area contributed by atoms with Gasteiger partial charge in [0.2, 0.25) is 0 Å². The number of hydrogen-bond donors (Lipinski definition) is 2. The monoisotopic (exact) mass is 510 g/mol. The second-order valence-electron chi connectivity index (χ2n) is 10.7. The minimum atomic E-state index is -1.49. The number of hydrogen-bond acceptors (Lipinski definition) is 4. The Morgan fingerprint density at radius 1 is 1.00 bits per heavy atom. The summed E-state index contributed by atoms with van der Waals surface area (Å²) in [7, 11) is 0. The Kier molecular flexibility index (Phi) is 8.04. The van der Waals surface area contributed by atoms with Crippen molar-refractivity contribution in [2.75, 3.05) is 26.3 Å². The Morgan fingerprint density at radius 2 is 1.76 bits per heavy atom. The maximum Gasteiger partial charge on any atom is 0.178 e. The number of aliphatic hydroxyl groups excluding tert-OH is 1. The molecule has 5 rings (SSSR count). The van der Waals surface area contributed by atoms with Crippen molar-refractivity contribution >= 4 is 11.1 Å². The Balaban J connectivity index is 1.51. The number of likely N-dealkylation sites (tertiary alicyclic amines) is 1. The van der Waals surface area contributed by atoms with Crippen LogP contribution in [0.5, 0.6) is 0 Å². The molecule has 4 nitrogen and oxygen atoms in total. The summed E-state index contributed by atoms with van der Waals surface area (Å²) in [4.78, 5) is 2.33. The standard InChI is InChI=1S/C33H35FN2O2/c1-22-16-24(19-35)8-12-29(22)31-5-2-4-27-18-28(33(37)38)11-13-30(27)32(31)26-9-6-23(7-10-26)17-25-20-36(21-25)15-3-14-34/h6-13,16,18,25,33,37-38H,2-5,14-15,17,20-21H2,1H3. The number of allylic oxidation sites excluding steroid dienone is 1. The van der Waals surface area contributed by atoms with Gasteiger partial charge in [-0.3, -0.25) is 4.39 Å². The van der Waals surface area contributed by atoms with Gasteiger partial charge >= 0.3 is 0 Å². The molecule has 1 aliphatic carbocycles. The molecule has 0 radical (unpaired) electrons. The highest BCUT2D eigenvalue weighted by atomic mass is 19.1. The van der Waals surface area contributed by atoms with Gasteiger partial charge in [0.05, 0.1) is 18.3 Å². The van der Waals surface area contributed by atoms with Crippen LogP contribution in [0, 0.1) is 24.2 Å². The van der Waals surface area contributed by atoms with E-state index in [-0.39, 0.29) is 6.67 Å². The van der Waals surface area contributed by atoms with Crippen LogP contribution >= 0.6 is 0 Å². The minimum absolute atomic E-state index is 0.243. The molecule has 0 amide bonds. The number of aryl methyl sites for hydroxylation is 2. The van der Waals surface area contributed by atoms with Gasteiger partial charge in [-0.1, -0.05) is 48.5 Å². The zero-order valence-electron chi connectivity index (χ0n) is 22.0. The van der Waals surface area contributed by atoms with Gasteiger partial charge in [-0.15, -0.1) is 0 Å². The molecule has 1 aliphatic heterocycles. The fraction of sp³-hybridized carbons (Fsp3) is 0.364. The lowest BCUT2D eigenvalue weighted by Gasteiger charge is -2.39. The number of halogens is 1. The number of benzene rings is 3. The van der Waals surface area contributed by atoms with Gasteiger partial charge in [-0.05, 0) is 102 Å². The van der Waals surface area contributed by atoms with Crippen LogP contribution in [0.1, 0.15) is 70.1 Å². The summed E-state index contributed by atoms with van der Waals surface area (Å²) in [5.74, 6) is 0.624. The summed E-state index contributed by atoms with van der Waals surface area (Å²) in [5.41, 5.74) is 10.6. The zero-order valence-corrected chi connectivity index (χ0v) is 22.0. The Bertz CT molecular complexity index is 1360. The van der Waals surface area contributed by atoms with Gasteiger partial charge in [0, 0.05) is 25.2 Å². The average molecular weight is 511 g/mol. The van der Waals surface area contributed by atoms with Crippen molar-refractivity contribution in [1.82, 2.24) is 4.90 Å². The number of nitriles is 1. The van der Waals surface area contributed by atoms with E-state index in [0.29, 0.717) is 23.5 Å². The molecule has 5 heteroatoms. The molecule has 1 heterocycles. The Morgan fingerprint density at radius 3 is 2.45 bits per heavy atom. The van der Waals surface area contributed by atoms with Crippen LogP contribution in [0.4, 0.5) is 4.39 Å². The minimum Gasteiger partial charge on any atom is -0.364 e. The van der Waals surface area contributed by atoms with E-state index in [1.54, 1.807) is 6.07 Å². The molecule has 0 spiro atoms. The molecule has 0 aromatic heterocycles. The van der Waals surface area contributed by atoms with Gasteiger partial charge in [0.15, 0.2) is 6.29 Å². The first-order valence-corrected chi connectivity index (χ1v) is 13.6. The fourth-order valence-electron chi connectivity index (χ4n) is 6.05. The molecule has 3 aromatic carbocycles. The summed E-state index contributed by atoms with van der Waals surface area (Å²) in [6, 6.07) is 22.8. The van der Waals surface area contributed by atoms with E-state index in [9.17, 15) is 19.9 Å². The van der Waals surface area contributed by atoms with Gasteiger partial charge in [-0.25, -0.2) is 0 Å². The van der Waals surface area contributed by atoms with Crippen LogP contribution < -0.4 is 0 Å². The molecule has 1 saturated heterocycles. The third-order valence-corrected chi connectivity index (χ3v) is 7.96. The van der Waals surface area contributed by atoms with Crippen LogP contribution in [-0.4, -0.2) is 41.4 Å². The van der Waals surface area contributed by atoms with Crippen LogP contribution in [0.15, 0.2) is 60.7 Å². The molecule has 1 fully saturated rings. The summed E-state index contributed by atoms with van der Waals surface area (Å²) < 4.78 is 12.4. The van der Waals surface area contributed by atoms with E-state index >= 15 is 0 Å². The van der Waals surface area contributed by atoms with Crippen molar-refractivity contribution in [2.24, 2.45) is 5.92 Å². The molecule has 3 aromatic rings. The third kappa shape index (κ3) is 5.59. The summed E-state index contributed by atoms with van der Waals surface area (Å²) >= 11 is 0. The van der Waals surface area contributed by atoms with E-state index in [2.05, 4.69) is 48.2 Å². The molecular formula is C33H35FN2O2. The van der Waals surface area contributed by atoms with E-state index in [4.69, 9.17) is 0 Å². The van der Waals surface area contributed by atoms with E-state index in [1.165, 1.54) is 16.7 Å². The first-order chi connectivity index (χ1) is 18.5. The molecule has 196 valence electrons. The summed E-state index contributed by atoms with van der Waals surface area (Å²) in [5, 5.41) is 28.9. The van der Waals surface area contributed by atoms with Crippen molar-refractivity contribution in [1.29, 1.82) is 5.26 Å². The van der Waals surface area contributed by atoms with Crippen LogP contribution in [0.2, 0.25) is 0 Å². The maximum absolute atomic E-state index is 12.4. The molecule has 0 unspecified atom stereocenters. The Labute approximate surface area is 224 Å². The predicted octanol–water partition coefficient (Wildman–Crippen LogP) is 5.98. The lowest BCUT2D eigenvalue weighted by molar-refractivity contribution is -0.0425. The highest BCUT2D eigenvalue weighted by Crippen LogP contribution is 2.41. The van der Waals surface area contributed by atoms with Crippen LogP contribution in [0.25, 0.3) is 11.1 Å². The maximum atomic E-state index is 12.4. The molecule has 0 atom stereocenters. The zero-order chi connectivity index (χ0) is 26.6. The number of nitrogens with zero attached hydrogens (tertiary/aromatic N) is 2. The Hall–Kier alpha value is -3.30. The van der Waals surface area contributed by atoms with Crippen LogP contribution in [-0.2, 0) is 12.8 Å². The second-order valence-corrected chi connectivity index (χ2v) is 10.7. The van der Waals surface area contributed by atoms with Crippen molar-refractivity contribution < 1.29 is 14.6 Å². The van der Waals surface area contributed by atoms with Gasteiger partial charge in [0.25, 0.3) is 0 Å². The molecular weight excluding hydrogens is 475 g/mol. The number of rotatable bonds is 8. The molecule has 0 saturated carbocycles. The largest absolute Gasteiger partial charge is 0.364 e. The normalized spacial score (nSPS) is 16.2. The quantitative estimate of drug-likeness (QED) is 0.366. The lowest BCUT2D eigenvalue weighted by atomic mass is 9.85. The molecule has 2 aliphatic rings. The first kappa shape index (κ1) is 26.3.